The molecule has 0 unspecified atom stereocenters. The zero-order valence-electron chi connectivity index (χ0n) is 11.4. The summed E-state index contributed by atoms with van der Waals surface area (Å²) in [5.41, 5.74) is 3.57. The first-order chi connectivity index (χ1) is 8.95. The zero-order valence-corrected chi connectivity index (χ0v) is 11.4. The van der Waals surface area contributed by atoms with Crippen LogP contribution in [0.3, 0.4) is 0 Å². The van der Waals surface area contributed by atoms with Crippen LogP contribution in [0.1, 0.15) is 28.5 Å². The Hall–Kier alpha value is -2.30. The molecule has 1 heterocycles. The quantitative estimate of drug-likeness (QED) is 0.815. The summed E-state index contributed by atoms with van der Waals surface area (Å²) >= 11 is 0. The van der Waals surface area contributed by atoms with Gasteiger partial charge in [-0.05, 0) is 25.0 Å². The normalized spacial score (nSPS) is 10.5. The maximum absolute atomic E-state index is 11.8. The van der Waals surface area contributed by atoms with Crippen molar-refractivity contribution in [3.8, 4) is 0 Å². The number of amides is 1. The minimum absolute atomic E-state index is 0.230. The van der Waals surface area contributed by atoms with Gasteiger partial charge in [0.05, 0.1) is 18.3 Å². The first-order valence-corrected chi connectivity index (χ1v) is 5.93. The van der Waals surface area contributed by atoms with Crippen LogP contribution in [0, 0.1) is 13.8 Å². The van der Waals surface area contributed by atoms with Crippen molar-refractivity contribution in [3.63, 3.8) is 0 Å². The molecule has 0 radical (unpaired) electrons. The number of hydrogen-bond acceptors (Lipinski definition) is 3. The molecule has 0 fully saturated rings. The number of rotatable bonds is 2. The molecule has 2 aromatic rings. The van der Waals surface area contributed by atoms with Crippen LogP contribution >= 0.6 is 0 Å². The van der Waals surface area contributed by atoms with E-state index >= 15 is 0 Å². The minimum Gasteiger partial charge on any atom is -0.464 e. The first-order valence-electron chi connectivity index (χ1n) is 5.93. The number of benzene rings is 1. The Morgan fingerprint density at radius 3 is 2.42 bits per heavy atom. The van der Waals surface area contributed by atoms with Crippen molar-refractivity contribution >= 4 is 28.5 Å². The molecule has 1 amide bonds. The number of esters is 1. The van der Waals surface area contributed by atoms with Gasteiger partial charge in [-0.3, -0.25) is 4.79 Å². The summed E-state index contributed by atoms with van der Waals surface area (Å²) in [6.45, 7) is 5.28. The van der Waals surface area contributed by atoms with E-state index in [-0.39, 0.29) is 11.6 Å². The summed E-state index contributed by atoms with van der Waals surface area (Å²) in [6.07, 6.45) is 0. The standard InChI is InChI=1S/C14H16N2O3/c1-7-5-6-8(2)11-10(7)12(15-9(3)17)13(16-11)14(18)19-4/h5-6,16H,1-4H3,(H,15,17). The Morgan fingerprint density at radius 1 is 1.21 bits per heavy atom. The summed E-state index contributed by atoms with van der Waals surface area (Å²) in [5.74, 6) is -0.731. The number of aromatic amines is 1. The van der Waals surface area contributed by atoms with E-state index < -0.39 is 5.97 Å². The summed E-state index contributed by atoms with van der Waals surface area (Å²) in [7, 11) is 1.31. The molecule has 0 aliphatic carbocycles. The fourth-order valence-corrected chi connectivity index (χ4v) is 2.16. The number of anilines is 1. The highest BCUT2D eigenvalue weighted by molar-refractivity contribution is 6.12. The Morgan fingerprint density at radius 2 is 1.84 bits per heavy atom. The molecule has 19 heavy (non-hydrogen) atoms. The van der Waals surface area contributed by atoms with Crippen LogP contribution in [-0.2, 0) is 9.53 Å². The van der Waals surface area contributed by atoms with Gasteiger partial charge in [0.1, 0.15) is 5.69 Å². The van der Waals surface area contributed by atoms with Crippen LogP contribution in [-0.4, -0.2) is 24.0 Å². The van der Waals surface area contributed by atoms with Crippen LogP contribution in [0.15, 0.2) is 12.1 Å². The van der Waals surface area contributed by atoms with Gasteiger partial charge in [0.25, 0.3) is 0 Å². The lowest BCUT2D eigenvalue weighted by Gasteiger charge is -2.05. The van der Waals surface area contributed by atoms with Crippen LogP contribution in [0.4, 0.5) is 5.69 Å². The van der Waals surface area contributed by atoms with Gasteiger partial charge >= 0.3 is 5.97 Å². The van der Waals surface area contributed by atoms with E-state index in [2.05, 4.69) is 10.3 Å². The number of nitrogens with one attached hydrogen (secondary N) is 2. The fraction of sp³-hybridized carbons (Fsp3) is 0.286. The van der Waals surface area contributed by atoms with Crippen LogP contribution in [0.2, 0.25) is 0 Å². The van der Waals surface area contributed by atoms with E-state index in [9.17, 15) is 9.59 Å². The smallest absolute Gasteiger partial charge is 0.356 e. The summed E-state index contributed by atoms with van der Waals surface area (Å²) in [4.78, 5) is 26.2. The molecular formula is C14H16N2O3. The van der Waals surface area contributed by atoms with Crippen LogP contribution < -0.4 is 5.32 Å². The highest BCUT2D eigenvalue weighted by Crippen LogP contribution is 2.32. The number of aromatic nitrogens is 1. The van der Waals surface area contributed by atoms with Gasteiger partial charge in [0, 0.05) is 12.3 Å². The predicted molar refractivity (Wildman–Crippen MR) is 73.4 cm³/mol. The minimum atomic E-state index is -0.501. The van der Waals surface area contributed by atoms with Gasteiger partial charge in [0.15, 0.2) is 0 Å². The molecule has 0 aliphatic heterocycles. The molecule has 2 rings (SSSR count). The van der Waals surface area contributed by atoms with Gasteiger partial charge in [-0.2, -0.15) is 0 Å². The van der Waals surface area contributed by atoms with Gasteiger partial charge in [-0.25, -0.2) is 4.79 Å². The predicted octanol–water partition coefficient (Wildman–Crippen LogP) is 2.53. The van der Waals surface area contributed by atoms with Gasteiger partial charge in [-0.15, -0.1) is 0 Å². The van der Waals surface area contributed by atoms with Gasteiger partial charge in [-0.1, -0.05) is 12.1 Å². The number of carbonyl (C=O) groups excluding carboxylic acids is 2. The monoisotopic (exact) mass is 260 g/mol. The van der Waals surface area contributed by atoms with Crippen molar-refractivity contribution in [1.29, 1.82) is 0 Å². The van der Waals surface area contributed by atoms with Crippen molar-refractivity contribution in [1.82, 2.24) is 4.98 Å². The largest absolute Gasteiger partial charge is 0.464 e. The molecule has 2 N–H and O–H groups in total. The zero-order chi connectivity index (χ0) is 14.2. The summed E-state index contributed by atoms with van der Waals surface area (Å²) in [6, 6.07) is 3.92. The Bertz CT molecular complexity index is 671. The van der Waals surface area contributed by atoms with Crippen molar-refractivity contribution in [2.24, 2.45) is 0 Å². The summed E-state index contributed by atoms with van der Waals surface area (Å²) in [5, 5.41) is 3.55. The average Bonchev–Trinajstić information content (AvgIpc) is 2.73. The SMILES string of the molecule is COC(=O)c1[nH]c2c(C)ccc(C)c2c1NC(C)=O. The maximum atomic E-state index is 11.8. The molecule has 0 saturated carbocycles. The Labute approximate surface area is 110 Å². The molecule has 100 valence electrons. The molecule has 1 aromatic carbocycles. The van der Waals surface area contributed by atoms with E-state index in [1.54, 1.807) is 0 Å². The Kier molecular flexibility index (Phi) is 3.29. The number of H-pyrrole nitrogens is 1. The van der Waals surface area contributed by atoms with Crippen LogP contribution in [0.25, 0.3) is 10.9 Å². The van der Waals surface area contributed by atoms with E-state index in [1.165, 1.54) is 14.0 Å². The lowest BCUT2D eigenvalue weighted by molar-refractivity contribution is -0.114. The topological polar surface area (TPSA) is 71.2 Å². The third kappa shape index (κ3) is 2.19. The number of carbonyl (C=O) groups is 2. The lowest BCUT2D eigenvalue weighted by atomic mass is 10.1. The molecule has 1 aromatic heterocycles. The number of methoxy groups -OCH3 is 1. The average molecular weight is 260 g/mol. The van der Waals surface area contributed by atoms with Gasteiger partial charge < -0.3 is 15.0 Å². The van der Waals surface area contributed by atoms with Gasteiger partial charge in [0.2, 0.25) is 5.91 Å². The number of fused-ring (bicyclic) bond motifs is 1. The molecule has 0 aliphatic rings. The van der Waals surface area contributed by atoms with E-state index in [4.69, 9.17) is 4.74 Å². The van der Waals surface area contributed by atoms with Crippen molar-refractivity contribution in [2.75, 3.05) is 12.4 Å². The molecule has 0 spiro atoms. The summed E-state index contributed by atoms with van der Waals surface area (Å²) < 4.78 is 4.75. The third-order valence-electron chi connectivity index (χ3n) is 3.06. The highest BCUT2D eigenvalue weighted by Gasteiger charge is 2.21. The molecular weight excluding hydrogens is 244 g/mol. The van der Waals surface area contributed by atoms with Crippen molar-refractivity contribution in [3.05, 3.63) is 29.0 Å². The fourth-order valence-electron chi connectivity index (χ4n) is 2.16. The second-order valence-electron chi connectivity index (χ2n) is 4.50. The third-order valence-corrected chi connectivity index (χ3v) is 3.06. The molecule has 5 nitrogen and oxygen atoms in total. The molecule has 0 saturated heterocycles. The van der Waals surface area contributed by atoms with E-state index in [1.807, 2.05) is 26.0 Å². The number of hydrogen-bond donors (Lipinski definition) is 2. The van der Waals surface area contributed by atoms with Crippen molar-refractivity contribution in [2.45, 2.75) is 20.8 Å². The number of ether oxygens (including phenoxy) is 1. The highest BCUT2D eigenvalue weighted by atomic mass is 16.5. The number of aryl methyl sites for hydroxylation is 2. The molecule has 0 atom stereocenters. The lowest BCUT2D eigenvalue weighted by Crippen LogP contribution is -2.11. The molecule has 5 heteroatoms. The maximum Gasteiger partial charge on any atom is 0.356 e. The molecule has 0 bridgehead atoms. The van der Waals surface area contributed by atoms with Crippen molar-refractivity contribution < 1.29 is 14.3 Å². The van der Waals surface area contributed by atoms with E-state index in [0.29, 0.717) is 5.69 Å². The second-order valence-corrected chi connectivity index (χ2v) is 4.50. The Balaban J connectivity index is 2.81. The first kappa shape index (κ1) is 13.1. The second kappa shape index (κ2) is 4.76. The van der Waals surface area contributed by atoms with Crippen LogP contribution in [0.5, 0.6) is 0 Å². The van der Waals surface area contributed by atoms with E-state index in [0.717, 1.165) is 22.0 Å².